The Morgan fingerprint density at radius 1 is 1.21 bits per heavy atom. The number of ether oxygens (including phenoxy) is 1. The van der Waals surface area contributed by atoms with Gasteiger partial charge in [0, 0.05) is 18.4 Å². The van der Waals surface area contributed by atoms with Gasteiger partial charge >= 0.3 is 6.18 Å². The fraction of sp³-hybridized carbons (Fsp3) is 0.412. The van der Waals surface area contributed by atoms with Gasteiger partial charge in [0.25, 0.3) is 0 Å². The topological polar surface area (TPSA) is 38.2 Å². The second-order valence-corrected chi connectivity index (χ2v) is 5.55. The molecule has 7 heteroatoms. The summed E-state index contributed by atoms with van der Waals surface area (Å²) in [6.45, 7) is 6.52. The van der Waals surface area contributed by atoms with Crippen LogP contribution in [0, 0.1) is 0 Å². The molecule has 0 atom stereocenters. The first-order valence-corrected chi connectivity index (χ1v) is 7.64. The van der Waals surface area contributed by atoms with Gasteiger partial charge in [-0.05, 0) is 24.5 Å². The monoisotopic (exact) mass is 339 g/mol. The molecule has 2 aromatic rings. The number of halogens is 3. The molecular formula is C17H20F3N3O. The van der Waals surface area contributed by atoms with E-state index in [1.807, 2.05) is 31.2 Å². The Kier molecular flexibility index (Phi) is 5.31. The molecule has 0 aliphatic heterocycles. The molecule has 0 bridgehead atoms. The number of alkyl halides is 3. The van der Waals surface area contributed by atoms with Crippen LogP contribution in [-0.2, 0) is 6.18 Å². The number of methoxy groups -OCH3 is 1. The number of aromatic nitrogens is 2. The molecule has 1 aromatic carbocycles. The van der Waals surface area contributed by atoms with Crippen molar-refractivity contribution >= 4 is 11.6 Å². The number of anilines is 2. The summed E-state index contributed by atoms with van der Waals surface area (Å²) in [5.41, 5.74) is 0.959. The van der Waals surface area contributed by atoms with E-state index in [1.54, 1.807) is 4.90 Å². The second-order valence-electron chi connectivity index (χ2n) is 5.55. The lowest BCUT2D eigenvalue weighted by molar-refractivity contribution is -0.139. The number of hydrogen-bond acceptors (Lipinski definition) is 4. The van der Waals surface area contributed by atoms with Crippen LogP contribution in [0.4, 0.5) is 24.8 Å². The summed E-state index contributed by atoms with van der Waals surface area (Å²) in [5.74, 6) is -0.0463. The molecule has 0 amide bonds. The van der Waals surface area contributed by atoms with Crippen molar-refractivity contribution in [2.75, 3.05) is 18.6 Å². The highest BCUT2D eigenvalue weighted by Crippen LogP contribution is 2.37. The van der Waals surface area contributed by atoms with Gasteiger partial charge in [-0.3, -0.25) is 0 Å². The predicted molar refractivity (Wildman–Crippen MR) is 86.8 cm³/mol. The molecule has 0 unspecified atom stereocenters. The summed E-state index contributed by atoms with van der Waals surface area (Å²) in [5, 5.41) is 0. The second kappa shape index (κ2) is 7.07. The number of rotatable bonds is 5. The predicted octanol–water partition coefficient (Wildman–Crippen LogP) is 4.79. The van der Waals surface area contributed by atoms with Crippen LogP contribution < -0.4 is 9.64 Å². The zero-order chi connectivity index (χ0) is 17.9. The van der Waals surface area contributed by atoms with Crippen molar-refractivity contribution in [2.24, 2.45) is 0 Å². The van der Waals surface area contributed by atoms with Gasteiger partial charge < -0.3 is 9.64 Å². The van der Waals surface area contributed by atoms with Crippen molar-refractivity contribution in [1.29, 1.82) is 0 Å². The van der Waals surface area contributed by atoms with Gasteiger partial charge in [-0.25, -0.2) is 4.98 Å². The molecule has 1 aromatic heterocycles. The van der Waals surface area contributed by atoms with E-state index in [4.69, 9.17) is 4.74 Å². The van der Waals surface area contributed by atoms with Gasteiger partial charge in [-0.1, -0.05) is 32.0 Å². The normalized spacial score (nSPS) is 11.7. The van der Waals surface area contributed by atoms with Gasteiger partial charge in [0.2, 0.25) is 11.8 Å². The molecule has 4 nitrogen and oxygen atoms in total. The lowest BCUT2D eigenvalue weighted by atomic mass is 10.0. The van der Waals surface area contributed by atoms with E-state index in [9.17, 15) is 13.2 Å². The van der Waals surface area contributed by atoms with Gasteiger partial charge in [0.1, 0.15) is 5.56 Å². The number of para-hydroxylation sites is 1. The highest BCUT2D eigenvalue weighted by molar-refractivity contribution is 5.63. The lowest BCUT2D eigenvalue weighted by Gasteiger charge is -2.25. The molecule has 2 rings (SSSR count). The van der Waals surface area contributed by atoms with Crippen LogP contribution >= 0.6 is 0 Å². The van der Waals surface area contributed by atoms with Gasteiger partial charge in [-0.15, -0.1) is 0 Å². The molecule has 0 aliphatic rings. The SMILES string of the molecule is CCN(c1ncc(C(F)(F)F)c(OC)n1)c1ccccc1C(C)C. The molecule has 0 saturated carbocycles. The van der Waals surface area contributed by atoms with Crippen molar-refractivity contribution in [3.63, 3.8) is 0 Å². The molecule has 1 heterocycles. The van der Waals surface area contributed by atoms with Gasteiger partial charge in [0.15, 0.2) is 0 Å². The van der Waals surface area contributed by atoms with Crippen LogP contribution in [0.5, 0.6) is 5.88 Å². The average molecular weight is 339 g/mol. The maximum Gasteiger partial charge on any atom is 0.423 e. The van der Waals surface area contributed by atoms with Crippen LogP contribution in [0.1, 0.15) is 37.8 Å². The van der Waals surface area contributed by atoms with E-state index in [0.717, 1.165) is 17.4 Å². The third-order valence-electron chi connectivity index (χ3n) is 3.65. The Hall–Kier alpha value is -2.31. The summed E-state index contributed by atoms with van der Waals surface area (Å²) >= 11 is 0. The largest absolute Gasteiger partial charge is 0.480 e. The molecule has 130 valence electrons. The number of hydrogen-bond donors (Lipinski definition) is 0. The zero-order valence-electron chi connectivity index (χ0n) is 14.1. The molecule has 24 heavy (non-hydrogen) atoms. The van der Waals surface area contributed by atoms with Crippen LogP contribution in [0.3, 0.4) is 0 Å². The zero-order valence-corrected chi connectivity index (χ0v) is 14.1. The van der Waals surface area contributed by atoms with Crippen molar-refractivity contribution in [3.05, 3.63) is 41.6 Å². The highest BCUT2D eigenvalue weighted by atomic mass is 19.4. The smallest absolute Gasteiger partial charge is 0.423 e. The number of benzene rings is 1. The Balaban J connectivity index is 2.53. The van der Waals surface area contributed by atoms with Gasteiger partial charge in [0.05, 0.1) is 7.11 Å². The van der Waals surface area contributed by atoms with E-state index >= 15 is 0 Å². The Bertz CT molecular complexity index is 702. The molecule has 0 spiro atoms. The molecule has 0 saturated heterocycles. The molecule has 0 N–H and O–H groups in total. The maximum absolute atomic E-state index is 13.0. The minimum atomic E-state index is -4.56. The van der Waals surface area contributed by atoms with Crippen LogP contribution in [0.2, 0.25) is 0 Å². The summed E-state index contributed by atoms with van der Waals surface area (Å²) in [6, 6.07) is 7.71. The van der Waals surface area contributed by atoms with E-state index < -0.39 is 17.6 Å². The van der Waals surface area contributed by atoms with E-state index in [-0.39, 0.29) is 11.9 Å². The first kappa shape index (κ1) is 18.0. The Labute approximate surface area is 139 Å². The first-order valence-electron chi connectivity index (χ1n) is 7.64. The molecular weight excluding hydrogens is 319 g/mol. The third kappa shape index (κ3) is 3.60. The van der Waals surface area contributed by atoms with Crippen LogP contribution in [0.25, 0.3) is 0 Å². The number of nitrogens with zero attached hydrogens (tertiary/aromatic N) is 3. The van der Waals surface area contributed by atoms with E-state index in [0.29, 0.717) is 6.54 Å². The maximum atomic E-state index is 13.0. The van der Waals surface area contributed by atoms with Crippen molar-refractivity contribution in [3.8, 4) is 5.88 Å². The summed E-state index contributed by atoms with van der Waals surface area (Å²) in [7, 11) is 1.17. The molecule has 0 aliphatic carbocycles. The molecule has 0 fully saturated rings. The quantitative estimate of drug-likeness (QED) is 0.785. The third-order valence-corrected chi connectivity index (χ3v) is 3.65. The first-order chi connectivity index (χ1) is 11.3. The summed E-state index contributed by atoms with van der Waals surface area (Å²) < 4.78 is 43.7. The Morgan fingerprint density at radius 2 is 1.88 bits per heavy atom. The standard InChI is InChI=1S/C17H20F3N3O/c1-5-23(14-9-7-6-8-12(14)11(2)3)16-21-10-13(17(18,19)20)15(22-16)24-4/h6-11H,5H2,1-4H3. The van der Waals surface area contributed by atoms with E-state index in [2.05, 4.69) is 23.8 Å². The minimum Gasteiger partial charge on any atom is -0.480 e. The van der Waals surface area contributed by atoms with E-state index in [1.165, 1.54) is 7.11 Å². The van der Waals surface area contributed by atoms with Crippen LogP contribution in [0.15, 0.2) is 30.5 Å². The van der Waals surface area contributed by atoms with Crippen molar-refractivity contribution in [2.45, 2.75) is 32.9 Å². The molecule has 0 radical (unpaired) electrons. The lowest BCUT2D eigenvalue weighted by Crippen LogP contribution is -2.22. The fourth-order valence-electron chi connectivity index (χ4n) is 2.48. The van der Waals surface area contributed by atoms with Crippen molar-refractivity contribution in [1.82, 2.24) is 9.97 Å². The minimum absolute atomic E-state index is 0.176. The fourth-order valence-corrected chi connectivity index (χ4v) is 2.48. The average Bonchev–Trinajstić information content (AvgIpc) is 2.54. The Morgan fingerprint density at radius 3 is 2.42 bits per heavy atom. The van der Waals surface area contributed by atoms with Crippen molar-refractivity contribution < 1.29 is 17.9 Å². The summed E-state index contributed by atoms with van der Waals surface area (Å²) in [4.78, 5) is 9.67. The van der Waals surface area contributed by atoms with Crippen LogP contribution in [-0.4, -0.2) is 23.6 Å². The summed E-state index contributed by atoms with van der Waals surface area (Å²) in [6.07, 6.45) is -3.79. The highest BCUT2D eigenvalue weighted by Gasteiger charge is 2.36. The van der Waals surface area contributed by atoms with Gasteiger partial charge in [-0.2, -0.15) is 18.2 Å².